The fraction of sp³-hybridized carbons (Fsp3) is 0.143. The fourth-order valence-electron chi connectivity index (χ4n) is 1.83. The summed E-state index contributed by atoms with van der Waals surface area (Å²) in [5, 5.41) is 0. The highest BCUT2D eigenvalue weighted by Gasteiger charge is 2.18. The van der Waals surface area contributed by atoms with E-state index in [4.69, 9.17) is 10.5 Å². The number of hydrogen-bond acceptors (Lipinski definition) is 4. The highest BCUT2D eigenvalue weighted by molar-refractivity contribution is 7.92. The molecule has 112 valence electrons. The molecule has 0 bridgehead atoms. The molecule has 0 spiro atoms. The second-order valence-electron chi connectivity index (χ2n) is 4.44. The maximum Gasteiger partial charge on any atom is 0.262 e. The number of halogens is 1. The van der Waals surface area contributed by atoms with Crippen molar-refractivity contribution >= 4 is 21.4 Å². The number of benzene rings is 2. The molecular weight excluding hydrogens is 295 g/mol. The Bertz CT molecular complexity index is 756. The Morgan fingerprint density at radius 1 is 1.24 bits per heavy atom. The van der Waals surface area contributed by atoms with Crippen LogP contribution in [0.4, 0.5) is 15.8 Å². The van der Waals surface area contributed by atoms with E-state index in [0.29, 0.717) is 11.3 Å². The number of aryl methyl sites for hydroxylation is 1. The molecule has 0 aliphatic carbocycles. The molecule has 21 heavy (non-hydrogen) atoms. The zero-order chi connectivity index (χ0) is 15.6. The van der Waals surface area contributed by atoms with Crippen LogP contribution in [0.15, 0.2) is 41.3 Å². The molecule has 2 aromatic carbocycles. The summed E-state index contributed by atoms with van der Waals surface area (Å²) in [6, 6.07) is 8.35. The van der Waals surface area contributed by atoms with Gasteiger partial charge in [-0.2, -0.15) is 0 Å². The fourth-order valence-corrected chi connectivity index (χ4v) is 3.01. The monoisotopic (exact) mass is 310 g/mol. The molecule has 0 atom stereocenters. The van der Waals surface area contributed by atoms with Crippen molar-refractivity contribution < 1.29 is 17.5 Å². The zero-order valence-electron chi connectivity index (χ0n) is 11.6. The maximum absolute atomic E-state index is 13.7. The van der Waals surface area contributed by atoms with E-state index in [1.807, 2.05) is 0 Å². The third kappa shape index (κ3) is 3.08. The number of rotatable bonds is 4. The van der Waals surface area contributed by atoms with Gasteiger partial charge in [0, 0.05) is 0 Å². The van der Waals surface area contributed by atoms with Gasteiger partial charge in [0.05, 0.1) is 23.4 Å². The number of hydrogen-bond donors (Lipinski definition) is 2. The van der Waals surface area contributed by atoms with Crippen molar-refractivity contribution in [3.8, 4) is 5.75 Å². The van der Waals surface area contributed by atoms with Gasteiger partial charge < -0.3 is 10.5 Å². The van der Waals surface area contributed by atoms with Gasteiger partial charge in [0.1, 0.15) is 11.6 Å². The number of sulfonamides is 1. The van der Waals surface area contributed by atoms with Gasteiger partial charge in [-0.25, -0.2) is 12.8 Å². The van der Waals surface area contributed by atoms with E-state index < -0.39 is 15.8 Å². The predicted octanol–water partition coefficient (Wildman–Crippen LogP) is 2.53. The van der Waals surface area contributed by atoms with E-state index in [1.165, 1.54) is 37.4 Å². The first-order valence-electron chi connectivity index (χ1n) is 6.06. The lowest BCUT2D eigenvalue weighted by atomic mass is 10.2. The van der Waals surface area contributed by atoms with E-state index in [1.54, 1.807) is 13.0 Å². The molecule has 0 radical (unpaired) electrons. The van der Waals surface area contributed by atoms with Crippen LogP contribution in [0.5, 0.6) is 5.75 Å². The third-order valence-electron chi connectivity index (χ3n) is 2.97. The first kappa shape index (κ1) is 15.1. The first-order chi connectivity index (χ1) is 9.85. The second kappa shape index (κ2) is 5.61. The molecule has 2 rings (SSSR count). The zero-order valence-corrected chi connectivity index (χ0v) is 12.4. The lowest BCUT2D eigenvalue weighted by Gasteiger charge is -2.12. The van der Waals surface area contributed by atoms with Crippen LogP contribution in [0.1, 0.15) is 5.56 Å². The van der Waals surface area contributed by atoms with Crippen LogP contribution >= 0.6 is 0 Å². The van der Waals surface area contributed by atoms with Crippen LogP contribution in [-0.2, 0) is 10.0 Å². The maximum atomic E-state index is 13.7. The number of nitrogens with two attached hydrogens (primary N) is 1. The Morgan fingerprint density at radius 2 is 1.95 bits per heavy atom. The van der Waals surface area contributed by atoms with Crippen molar-refractivity contribution in [2.45, 2.75) is 11.8 Å². The van der Waals surface area contributed by atoms with Crippen LogP contribution < -0.4 is 15.2 Å². The largest absolute Gasteiger partial charge is 0.495 e. The Morgan fingerprint density at radius 3 is 2.52 bits per heavy atom. The minimum atomic E-state index is -3.93. The van der Waals surface area contributed by atoms with Crippen molar-refractivity contribution in [3.05, 3.63) is 47.8 Å². The summed E-state index contributed by atoms with van der Waals surface area (Å²) in [6.45, 7) is 1.61. The van der Waals surface area contributed by atoms with Crippen LogP contribution in [0.3, 0.4) is 0 Å². The summed E-state index contributed by atoms with van der Waals surface area (Å²) in [7, 11) is -2.50. The Kier molecular flexibility index (Phi) is 4.04. The molecule has 0 saturated carbocycles. The molecule has 0 aromatic heterocycles. The average molecular weight is 310 g/mol. The van der Waals surface area contributed by atoms with Crippen molar-refractivity contribution in [2.75, 3.05) is 17.6 Å². The summed E-state index contributed by atoms with van der Waals surface area (Å²) in [6.07, 6.45) is 0. The van der Waals surface area contributed by atoms with E-state index in [0.717, 1.165) is 0 Å². The highest BCUT2D eigenvalue weighted by atomic mass is 32.2. The lowest BCUT2D eigenvalue weighted by molar-refractivity contribution is 0.416. The van der Waals surface area contributed by atoms with E-state index in [-0.39, 0.29) is 16.3 Å². The molecular formula is C14H15FN2O3S. The van der Waals surface area contributed by atoms with Gasteiger partial charge in [-0.3, -0.25) is 4.72 Å². The van der Waals surface area contributed by atoms with Crippen molar-refractivity contribution in [3.63, 3.8) is 0 Å². The topological polar surface area (TPSA) is 81.4 Å². The first-order valence-corrected chi connectivity index (χ1v) is 7.55. The van der Waals surface area contributed by atoms with Gasteiger partial charge in [-0.05, 0) is 36.8 Å². The minimum absolute atomic E-state index is 0.0662. The van der Waals surface area contributed by atoms with Crippen LogP contribution in [-0.4, -0.2) is 15.5 Å². The third-order valence-corrected chi connectivity index (χ3v) is 4.32. The molecule has 3 N–H and O–H groups in total. The second-order valence-corrected chi connectivity index (χ2v) is 6.12. The number of methoxy groups -OCH3 is 1. The smallest absolute Gasteiger partial charge is 0.262 e. The Hall–Kier alpha value is -2.28. The summed E-state index contributed by atoms with van der Waals surface area (Å²) in [5.41, 5.74) is 6.29. The summed E-state index contributed by atoms with van der Waals surface area (Å²) >= 11 is 0. The molecule has 0 amide bonds. The van der Waals surface area contributed by atoms with Crippen LogP contribution in [0.25, 0.3) is 0 Å². The summed E-state index contributed by atoms with van der Waals surface area (Å²) in [4.78, 5) is -0.0662. The normalized spacial score (nSPS) is 11.2. The molecule has 0 heterocycles. The lowest BCUT2D eigenvalue weighted by Crippen LogP contribution is -2.15. The van der Waals surface area contributed by atoms with Crippen LogP contribution in [0.2, 0.25) is 0 Å². The quantitative estimate of drug-likeness (QED) is 0.850. The SMILES string of the molecule is COc1ccc(S(=O)(=O)Nc2c(C)cccc2F)cc1N. The van der Waals surface area contributed by atoms with E-state index in [9.17, 15) is 12.8 Å². The van der Waals surface area contributed by atoms with Crippen molar-refractivity contribution in [1.29, 1.82) is 0 Å². The molecule has 0 aliphatic heterocycles. The van der Waals surface area contributed by atoms with Gasteiger partial charge in [0.15, 0.2) is 0 Å². The minimum Gasteiger partial charge on any atom is -0.495 e. The molecule has 2 aromatic rings. The van der Waals surface area contributed by atoms with Crippen LogP contribution in [0, 0.1) is 12.7 Å². The Labute approximate surface area is 122 Å². The summed E-state index contributed by atoms with van der Waals surface area (Å²) in [5.74, 6) is -0.268. The number of nitrogens with one attached hydrogen (secondary N) is 1. The molecule has 7 heteroatoms. The standard InChI is InChI=1S/C14H15FN2O3S/c1-9-4-3-5-11(15)14(9)17-21(18,19)10-6-7-13(20-2)12(16)8-10/h3-8,17H,16H2,1-2H3. The summed E-state index contributed by atoms with van der Waals surface area (Å²) < 4.78 is 45.5. The number of nitrogen functional groups attached to an aromatic ring is 1. The highest BCUT2D eigenvalue weighted by Crippen LogP contribution is 2.27. The van der Waals surface area contributed by atoms with Gasteiger partial charge in [-0.15, -0.1) is 0 Å². The average Bonchev–Trinajstić information content (AvgIpc) is 2.43. The predicted molar refractivity (Wildman–Crippen MR) is 79.4 cm³/mol. The van der Waals surface area contributed by atoms with Crippen molar-refractivity contribution in [1.82, 2.24) is 0 Å². The van der Waals surface area contributed by atoms with Gasteiger partial charge in [0.2, 0.25) is 0 Å². The molecule has 0 saturated heterocycles. The van der Waals surface area contributed by atoms with Gasteiger partial charge in [-0.1, -0.05) is 12.1 Å². The van der Waals surface area contributed by atoms with Crippen molar-refractivity contribution in [2.24, 2.45) is 0 Å². The van der Waals surface area contributed by atoms with Gasteiger partial charge in [0.25, 0.3) is 10.0 Å². The number of anilines is 2. The number of para-hydroxylation sites is 1. The number of ether oxygens (including phenoxy) is 1. The molecule has 0 unspecified atom stereocenters. The molecule has 5 nitrogen and oxygen atoms in total. The van der Waals surface area contributed by atoms with E-state index in [2.05, 4.69) is 4.72 Å². The Balaban J connectivity index is 2.41. The van der Waals surface area contributed by atoms with Gasteiger partial charge >= 0.3 is 0 Å². The molecule has 0 fully saturated rings. The molecule has 0 aliphatic rings. The van der Waals surface area contributed by atoms with E-state index >= 15 is 0 Å².